The van der Waals surface area contributed by atoms with Crippen LogP contribution in [0.3, 0.4) is 0 Å². The summed E-state index contributed by atoms with van der Waals surface area (Å²) in [6, 6.07) is 5.59. The largest absolute Gasteiger partial charge is 0.397 e. The highest BCUT2D eigenvalue weighted by molar-refractivity contribution is 5.96. The molecule has 0 saturated carbocycles. The molecule has 0 aliphatic carbocycles. The van der Waals surface area contributed by atoms with Crippen LogP contribution in [0.4, 0.5) is 11.4 Å². The van der Waals surface area contributed by atoms with E-state index in [-0.39, 0.29) is 5.91 Å². The van der Waals surface area contributed by atoms with E-state index in [1.54, 1.807) is 25.1 Å². The van der Waals surface area contributed by atoms with E-state index in [0.717, 1.165) is 30.4 Å². The van der Waals surface area contributed by atoms with Crippen molar-refractivity contribution < 1.29 is 4.79 Å². The van der Waals surface area contributed by atoms with Crippen molar-refractivity contribution in [3.8, 4) is 0 Å². The smallest absolute Gasteiger partial charge is 0.253 e. The number of amides is 1. The number of anilines is 2. The number of hydrogen-bond donors (Lipinski definition) is 1. The molecule has 0 atom stereocenters. The molecule has 0 spiro atoms. The van der Waals surface area contributed by atoms with E-state index in [2.05, 4.69) is 11.8 Å². The van der Waals surface area contributed by atoms with E-state index in [1.165, 1.54) is 19.3 Å². The fraction of sp³-hybridized carbons (Fsp3) is 0.562. The third kappa shape index (κ3) is 3.06. The molecule has 1 fully saturated rings. The standard InChI is InChI=1S/C16H25N3O/c1-4-12-7-9-19(10-8-12)15-11-13(5-6-14(15)17)16(20)18(2)3/h5-6,11-12H,4,7-10,17H2,1-3H3. The molecular weight excluding hydrogens is 250 g/mol. The highest BCUT2D eigenvalue weighted by Gasteiger charge is 2.20. The van der Waals surface area contributed by atoms with Gasteiger partial charge in [0.1, 0.15) is 0 Å². The Morgan fingerprint density at radius 2 is 2.00 bits per heavy atom. The Labute approximate surface area is 121 Å². The number of nitrogens with zero attached hydrogens (tertiary/aromatic N) is 2. The van der Waals surface area contributed by atoms with Crippen molar-refractivity contribution in [1.82, 2.24) is 4.90 Å². The molecule has 1 aliphatic heterocycles. The number of nitrogens with two attached hydrogens (primary N) is 1. The second-order valence-electron chi connectivity index (χ2n) is 5.81. The molecule has 0 unspecified atom stereocenters. The molecule has 4 heteroatoms. The van der Waals surface area contributed by atoms with Crippen LogP contribution in [0.15, 0.2) is 18.2 Å². The molecule has 2 N–H and O–H groups in total. The lowest BCUT2D eigenvalue weighted by Crippen LogP contribution is -2.34. The normalized spacial score (nSPS) is 16.2. The zero-order chi connectivity index (χ0) is 14.7. The number of carbonyl (C=O) groups excluding carboxylic acids is 1. The van der Waals surface area contributed by atoms with Gasteiger partial charge in [-0.15, -0.1) is 0 Å². The first-order valence-corrected chi connectivity index (χ1v) is 7.39. The molecule has 1 heterocycles. The SMILES string of the molecule is CCC1CCN(c2cc(C(=O)N(C)C)ccc2N)CC1. The van der Waals surface area contributed by atoms with Crippen molar-refractivity contribution in [3.05, 3.63) is 23.8 Å². The van der Waals surface area contributed by atoms with Crippen molar-refractivity contribution >= 4 is 17.3 Å². The number of benzene rings is 1. The molecule has 20 heavy (non-hydrogen) atoms. The zero-order valence-electron chi connectivity index (χ0n) is 12.7. The predicted octanol–water partition coefficient (Wildman–Crippen LogP) is 2.60. The van der Waals surface area contributed by atoms with Gasteiger partial charge >= 0.3 is 0 Å². The second-order valence-corrected chi connectivity index (χ2v) is 5.81. The van der Waals surface area contributed by atoms with E-state index < -0.39 is 0 Å². The van der Waals surface area contributed by atoms with Crippen LogP contribution in [0.1, 0.15) is 36.5 Å². The van der Waals surface area contributed by atoms with Crippen LogP contribution in [0.2, 0.25) is 0 Å². The minimum absolute atomic E-state index is 0.0229. The summed E-state index contributed by atoms with van der Waals surface area (Å²) >= 11 is 0. The van der Waals surface area contributed by atoms with Crippen LogP contribution in [-0.4, -0.2) is 38.0 Å². The Morgan fingerprint density at radius 3 is 2.55 bits per heavy atom. The fourth-order valence-corrected chi connectivity index (χ4v) is 2.79. The number of hydrogen-bond acceptors (Lipinski definition) is 3. The summed E-state index contributed by atoms with van der Waals surface area (Å²) in [5, 5.41) is 0. The summed E-state index contributed by atoms with van der Waals surface area (Å²) in [4.78, 5) is 16.0. The van der Waals surface area contributed by atoms with Gasteiger partial charge in [-0.05, 0) is 37.0 Å². The summed E-state index contributed by atoms with van der Waals surface area (Å²) < 4.78 is 0. The second kappa shape index (κ2) is 6.16. The molecule has 4 nitrogen and oxygen atoms in total. The molecule has 1 amide bonds. The Balaban J connectivity index is 2.19. The third-order valence-electron chi connectivity index (χ3n) is 4.22. The topological polar surface area (TPSA) is 49.6 Å². The Bertz CT molecular complexity index is 477. The molecule has 0 radical (unpaired) electrons. The van der Waals surface area contributed by atoms with E-state index in [4.69, 9.17) is 5.73 Å². The summed E-state index contributed by atoms with van der Waals surface area (Å²) in [6.07, 6.45) is 3.67. The molecule has 0 bridgehead atoms. The fourth-order valence-electron chi connectivity index (χ4n) is 2.79. The quantitative estimate of drug-likeness (QED) is 0.863. The van der Waals surface area contributed by atoms with Crippen LogP contribution >= 0.6 is 0 Å². The van der Waals surface area contributed by atoms with Gasteiger partial charge in [0.05, 0.1) is 11.4 Å². The van der Waals surface area contributed by atoms with Gasteiger partial charge in [0.15, 0.2) is 0 Å². The van der Waals surface area contributed by atoms with E-state index >= 15 is 0 Å². The van der Waals surface area contributed by atoms with Gasteiger partial charge in [0, 0.05) is 32.7 Å². The first-order chi connectivity index (χ1) is 9.52. The Kier molecular flexibility index (Phi) is 4.53. The Morgan fingerprint density at radius 1 is 1.35 bits per heavy atom. The van der Waals surface area contributed by atoms with Crippen LogP contribution < -0.4 is 10.6 Å². The van der Waals surface area contributed by atoms with Crippen molar-refractivity contribution in [1.29, 1.82) is 0 Å². The minimum atomic E-state index is 0.0229. The molecule has 2 rings (SSSR count). The van der Waals surface area contributed by atoms with E-state index in [0.29, 0.717) is 5.56 Å². The highest BCUT2D eigenvalue weighted by atomic mass is 16.2. The molecule has 0 aromatic heterocycles. The van der Waals surface area contributed by atoms with Crippen molar-refractivity contribution in [2.24, 2.45) is 5.92 Å². The average Bonchev–Trinajstić information content (AvgIpc) is 2.47. The maximum Gasteiger partial charge on any atom is 0.253 e. The number of nitrogen functional groups attached to an aromatic ring is 1. The third-order valence-corrected chi connectivity index (χ3v) is 4.22. The highest BCUT2D eigenvalue weighted by Crippen LogP contribution is 2.30. The number of carbonyl (C=O) groups is 1. The van der Waals surface area contributed by atoms with Gasteiger partial charge in [0.25, 0.3) is 5.91 Å². The van der Waals surface area contributed by atoms with Crippen molar-refractivity contribution in [2.45, 2.75) is 26.2 Å². The first-order valence-electron chi connectivity index (χ1n) is 7.39. The van der Waals surface area contributed by atoms with Gasteiger partial charge in [-0.3, -0.25) is 4.79 Å². The van der Waals surface area contributed by atoms with E-state index in [1.807, 2.05) is 12.1 Å². The first kappa shape index (κ1) is 14.7. The predicted molar refractivity (Wildman–Crippen MR) is 84.1 cm³/mol. The summed E-state index contributed by atoms with van der Waals surface area (Å²) in [6.45, 7) is 4.32. The van der Waals surface area contributed by atoms with Crippen LogP contribution in [0.5, 0.6) is 0 Å². The lowest BCUT2D eigenvalue weighted by Gasteiger charge is -2.34. The summed E-state index contributed by atoms with van der Waals surface area (Å²) in [7, 11) is 3.54. The molecule has 1 aliphatic rings. The van der Waals surface area contributed by atoms with Gasteiger partial charge in [0.2, 0.25) is 0 Å². The summed E-state index contributed by atoms with van der Waals surface area (Å²) in [5.74, 6) is 0.855. The molecule has 1 aromatic carbocycles. The monoisotopic (exact) mass is 275 g/mol. The van der Waals surface area contributed by atoms with Crippen molar-refractivity contribution in [3.63, 3.8) is 0 Å². The van der Waals surface area contributed by atoms with Crippen molar-refractivity contribution in [2.75, 3.05) is 37.8 Å². The Hall–Kier alpha value is -1.71. The molecule has 1 aromatic rings. The zero-order valence-corrected chi connectivity index (χ0v) is 12.7. The van der Waals surface area contributed by atoms with Gasteiger partial charge in [-0.2, -0.15) is 0 Å². The van der Waals surface area contributed by atoms with Gasteiger partial charge < -0.3 is 15.5 Å². The molecular formula is C16H25N3O. The maximum atomic E-state index is 12.1. The average molecular weight is 275 g/mol. The number of rotatable bonds is 3. The number of piperidine rings is 1. The molecule has 110 valence electrons. The van der Waals surface area contributed by atoms with Crippen LogP contribution in [0, 0.1) is 5.92 Å². The van der Waals surface area contributed by atoms with Gasteiger partial charge in [-0.25, -0.2) is 0 Å². The lowest BCUT2D eigenvalue weighted by atomic mass is 9.94. The summed E-state index contributed by atoms with van der Waals surface area (Å²) in [5.41, 5.74) is 8.57. The maximum absolute atomic E-state index is 12.1. The van der Waals surface area contributed by atoms with Crippen LogP contribution in [-0.2, 0) is 0 Å². The van der Waals surface area contributed by atoms with Crippen LogP contribution in [0.25, 0.3) is 0 Å². The van der Waals surface area contributed by atoms with E-state index in [9.17, 15) is 4.79 Å². The minimum Gasteiger partial charge on any atom is -0.397 e. The molecule has 1 saturated heterocycles. The lowest BCUT2D eigenvalue weighted by molar-refractivity contribution is 0.0827. The van der Waals surface area contributed by atoms with Gasteiger partial charge in [-0.1, -0.05) is 13.3 Å².